The Morgan fingerprint density at radius 2 is 1.83 bits per heavy atom. The topological polar surface area (TPSA) is 101 Å². The van der Waals surface area contributed by atoms with Crippen LogP contribution in [0.25, 0.3) is 16.8 Å². The highest BCUT2D eigenvalue weighted by Crippen LogP contribution is 2.39. The SMILES string of the molecule is CC1CC(N)CC(c2ccncc2Nc2ncc3ccc(-c4c(F)cc(C(C)(C)O)cc4F)nn23)C1. The lowest BCUT2D eigenvalue weighted by molar-refractivity contribution is 0.0779. The smallest absolute Gasteiger partial charge is 0.229 e. The fourth-order valence-corrected chi connectivity index (χ4v) is 5.17. The van der Waals surface area contributed by atoms with Gasteiger partial charge in [0.15, 0.2) is 0 Å². The minimum atomic E-state index is -1.37. The van der Waals surface area contributed by atoms with Gasteiger partial charge in [-0.05, 0) is 86.4 Å². The zero-order valence-corrected chi connectivity index (χ0v) is 20.5. The zero-order valence-electron chi connectivity index (χ0n) is 20.5. The van der Waals surface area contributed by atoms with Crippen LogP contribution in [0.5, 0.6) is 0 Å². The number of benzene rings is 1. The van der Waals surface area contributed by atoms with Gasteiger partial charge in [-0.3, -0.25) is 4.98 Å². The molecule has 0 radical (unpaired) electrons. The molecule has 1 aliphatic carbocycles. The highest BCUT2D eigenvalue weighted by Gasteiger charge is 2.27. The maximum Gasteiger partial charge on any atom is 0.229 e. The minimum absolute atomic E-state index is 0.110. The Balaban J connectivity index is 1.51. The van der Waals surface area contributed by atoms with Crippen LogP contribution >= 0.6 is 0 Å². The predicted octanol–water partition coefficient (Wildman–Crippen LogP) is 5.27. The summed E-state index contributed by atoms with van der Waals surface area (Å²) in [5.74, 6) is -0.370. The average molecular weight is 493 g/mol. The second-order valence-corrected chi connectivity index (χ2v) is 10.4. The number of hydrogen-bond acceptors (Lipinski definition) is 6. The van der Waals surface area contributed by atoms with Gasteiger partial charge in [0.1, 0.15) is 11.6 Å². The first-order chi connectivity index (χ1) is 17.1. The molecular formula is C27H30F2N6O. The van der Waals surface area contributed by atoms with Crippen LogP contribution in [0.15, 0.2) is 48.9 Å². The van der Waals surface area contributed by atoms with E-state index in [9.17, 15) is 13.9 Å². The van der Waals surface area contributed by atoms with Gasteiger partial charge in [-0.1, -0.05) is 6.92 Å². The first-order valence-electron chi connectivity index (χ1n) is 12.1. The van der Waals surface area contributed by atoms with Crippen LogP contribution in [0.4, 0.5) is 20.4 Å². The summed E-state index contributed by atoms with van der Waals surface area (Å²) in [5.41, 5.74) is 7.49. The van der Waals surface area contributed by atoms with Gasteiger partial charge in [0.05, 0.1) is 40.5 Å². The van der Waals surface area contributed by atoms with E-state index in [1.54, 1.807) is 30.7 Å². The number of anilines is 2. The predicted molar refractivity (Wildman–Crippen MR) is 135 cm³/mol. The lowest BCUT2D eigenvalue weighted by Crippen LogP contribution is -2.31. The molecule has 0 bridgehead atoms. The molecule has 36 heavy (non-hydrogen) atoms. The van der Waals surface area contributed by atoms with Crippen LogP contribution < -0.4 is 11.1 Å². The molecule has 188 valence electrons. The molecule has 1 aliphatic rings. The van der Waals surface area contributed by atoms with Gasteiger partial charge in [-0.2, -0.15) is 9.61 Å². The summed E-state index contributed by atoms with van der Waals surface area (Å²) in [7, 11) is 0. The Bertz CT molecular complexity index is 1380. The Morgan fingerprint density at radius 3 is 2.53 bits per heavy atom. The lowest BCUT2D eigenvalue weighted by Gasteiger charge is -2.32. The molecule has 0 spiro atoms. The van der Waals surface area contributed by atoms with E-state index in [1.807, 2.05) is 6.07 Å². The van der Waals surface area contributed by atoms with Crippen molar-refractivity contribution in [3.63, 3.8) is 0 Å². The largest absolute Gasteiger partial charge is 0.386 e. The summed E-state index contributed by atoms with van der Waals surface area (Å²) in [6.45, 7) is 5.17. The van der Waals surface area contributed by atoms with Crippen molar-refractivity contribution >= 4 is 17.2 Å². The Morgan fingerprint density at radius 1 is 1.08 bits per heavy atom. The van der Waals surface area contributed by atoms with Gasteiger partial charge >= 0.3 is 0 Å². The van der Waals surface area contributed by atoms with Crippen molar-refractivity contribution < 1.29 is 13.9 Å². The fraction of sp³-hybridized carbons (Fsp3) is 0.370. The minimum Gasteiger partial charge on any atom is -0.386 e. The van der Waals surface area contributed by atoms with Crippen molar-refractivity contribution in [2.75, 3.05) is 5.32 Å². The van der Waals surface area contributed by atoms with E-state index in [2.05, 4.69) is 27.3 Å². The molecule has 3 unspecified atom stereocenters. The number of halogens is 2. The van der Waals surface area contributed by atoms with Gasteiger partial charge in [0.25, 0.3) is 0 Å². The number of nitrogens with one attached hydrogen (secondary N) is 1. The van der Waals surface area contributed by atoms with Gasteiger partial charge in [-0.15, -0.1) is 0 Å². The van der Waals surface area contributed by atoms with Crippen molar-refractivity contribution in [2.24, 2.45) is 11.7 Å². The third-order valence-corrected chi connectivity index (χ3v) is 6.91. The van der Waals surface area contributed by atoms with E-state index in [4.69, 9.17) is 5.73 Å². The third-order valence-electron chi connectivity index (χ3n) is 6.91. The molecule has 7 nitrogen and oxygen atoms in total. The maximum absolute atomic E-state index is 15.0. The van der Waals surface area contributed by atoms with Gasteiger partial charge < -0.3 is 16.2 Å². The number of hydrogen-bond donors (Lipinski definition) is 3. The van der Waals surface area contributed by atoms with E-state index in [-0.39, 0.29) is 22.9 Å². The van der Waals surface area contributed by atoms with Crippen LogP contribution in [-0.4, -0.2) is 30.7 Å². The second-order valence-electron chi connectivity index (χ2n) is 10.4. The molecule has 3 atom stereocenters. The number of fused-ring (bicyclic) bond motifs is 1. The molecule has 0 saturated heterocycles. The van der Waals surface area contributed by atoms with Crippen molar-refractivity contribution in [2.45, 2.75) is 57.6 Å². The van der Waals surface area contributed by atoms with Crippen molar-refractivity contribution in [3.05, 3.63) is 71.7 Å². The molecule has 1 fully saturated rings. The number of nitrogens with two attached hydrogens (primary N) is 1. The maximum atomic E-state index is 15.0. The normalized spacial score (nSPS) is 20.6. The number of nitrogens with zero attached hydrogens (tertiary/aromatic N) is 4. The van der Waals surface area contributed by atoms with Crippen LogP contribution in [0.3, 0.4) is 0 Å². The monoisotopic (exact) mass is 492 g/mol. The third kappa shape index (κ3) is 4.68. The van der Waals surface area contributed by atoms with E-state index in [1.165, 1.54) is 18.4 Å². The van der Waals surface area contributed by atoms with Crippen molar-refractivity contribution in [3.8, 4) is 11.3 Å². The molecule has 3 heterocycles. The summed E-state index contributed by atoms with van der Waals surface area (Å²) in [6.07, 6.45) is 8.11. The van der Waals surface area contributed by atoms with E-state index in [0.717, 1.165) is 42.6 Å². The second kappa shape index (κ2) is 9.22. The Hall–Kier alpha value is -3.43. The Kier molecular flexibility index (Phi) is 6.22. The van der Waals surface area contributed by atoms with Gasteiger partial charge in [0.2, 0.25) is 5.95 Å². The van der Waals surface area contributed by atoms with E-state index < -0.39 is 17.2 Å². The number of imidazole rings is 1. The van der Waals surface area contributed by atoms with Crippen molar-refractivity contribution in [1.29, 1.82) is 0 Å². The first-order valence-corrected chi connectivity index (χ1v) is 12.1. The Labute approximate surface area is 208 Å². The highest BCUT2D eigenvalue weighted by molar-refractivity contribution is 5.66. The zero-order chi connectivity index (χ0) is 25.6. The van der Waals surface area contributed by atoms with Crippen LogP contribution in [0.2, 0.25) is 0 Å². The molecule has 1 aromatic carbocycles. The van der Waals surface area contributed by atoms with Gasteiger partial charge in [-0.25, -0.2) is 13.8 Å². The molecule has 4 aromatic rings. The molecular weight excluding hydrogens is 462 g/mol. The fourth-order valence-electron chi connectivity index (χ4n) is 5.17. The lowest BCUT2D eigenvalue weighted by atomic mass is 9.76. The quantitative estimate of drug-likeness (QED) is 0.351. The summed E-state index contributed by atoms with van der Waals surface area (Å²) >= 11 is 0. The molecule has 4 N–H and O–H groups in total. The van der Waals surface area contributed by atoms with E-state index >= 15 is 0 Å². The number of pyridine rings is 1. The van der Waals surface area contributed by atoms with Crippen LogP contribution in [-0.2, 0) is 5.60 Å². The average Bonchev–Trinajstić information content (AvgIpc) is 3.20. The molecule has 0 amide bonds. The number of rotatable bonds is 5. The molecule has 5 rings (SSSR count). The molecule has 0 aliphatic heterocycles. The summed E-state index contributed by atoms with van der Waals surface area (Å²) < 4.78 is 31.5. The summed E-state index contributed by atoms with van der Waals surface area (Å²) in [6, 6.07) is 7.68. The van der Waals surface area contributed by atoms with E-state index in [0.29, 0.717) is 23.3 Å². The summed E-state index contributed by atoms with van der Waals surface area (Å²) in [4.78, 5) is 8.73. The number of aliphatic hydroxyl groups is 1. The standard InChI is InChI=1S/C27H30F2N6O/c1-15-8-16(10-18(30)9-15)20-6-7-31-14-24(20)33-26-32-13-19-4-5-23(34-35(19)26)25-21(28)11-17(12-22(25)29)27(2,3)36/h4-7,11-16,18,36H,8-10,30H2,1-3H3,(H,32,33). The highest BCUT2D eigenvalue weighted by atomic mass is 19.1. The van der Waals surface area contributed by atoms with Crippen molar-refractivity contribution in [1.82, 2.24) is 19.6 Å². The van der Waals surface area contributed by atoms with Gasteiger partial charge in [0, 0.05) is 12.2 Å². The van der Waals surface area contributed by atoms with Crippen LogP contribution in [0.1, 0.15) is 57.1 Å². The molecule has 9 heteroatoms. The first kappa shape index (κ1) is 24.3. The molecule has 1 saturated carbocycles. The number of aromatic nitrogens is 4. The van der Waals surface area contributed by atoms with Crippen LogP contribution in [0, 0.1) is 17.6 Å². The summed E-state index contributed by atoms with van der Waals surface area (Å²) in [5, 5.41) is 18.0. The molecule has 3 aromatic heterocycles.